The van der Waals surface area contributed by atoms with Crippen molar-refractivity contribution in [2.75, 3.05) is 29.6 Å². The number of nitrogens with one attached hydrogen (secondary N) is 1. The number of thioether (sulfide) groups is 1. The molecule has 0 bridgehead atoms. The van der Waals surface area contributed by atoms with Crippen LogP contribution in [0, 0.1) is 0 Å². The lowest BCUT2D eigenvalue weighted by Gasteiger charge is -2.40. The SMILES string of the molecule is COc1ccc2nccc(CC[C@]3(O)CC[C@]4(CC3)CN(c3ccc5c(c3)NC(=O)CS5)C(=O)O4)c2n1. The van der Waals surface area contributed by atoms with Crippen molar-refractivity contribution < 1.29 is 24.2 Å². The number of fused-ring (bicyclic) bond motifs is 2. The van der Waals surface area contributed by atoms with E-state index in [1.807, 2.05) is 30.3 Å². The lowest BCUT2D eigenvalue weighted by Crippen LogP contribution is -2.45. The van der Waals surface area contributed by atoms with Crippen molar-refractivity contribution in [2.24, 2.45) is 0 Å². The molecule has 0 atom stereocenters. The Kier molecular flexibility index (Phi) is 5.95. The molecule has 2 aliphatic heterocycles. The van der Waals surface area contributed by atoms with Crippen molar-refractivity contribution in [3.05, 3.63) is 48.2 Å². The minimum Gasteiger partial charge on any atom is -0.481 e. The Hall–Kier alpha value is -3.37. The maximum Gasteiger partial charge on any atom is 0.415 e. The van der Waals surface area contributed by atoms with Gasteiger partial charge in [0.2, 0.25) is 11.8 Å². The summed E-state index contributed by atoms with van der Waals surface area (Å²) in [5.74, 6) is 0.885. The molecule has 6 rings (SSSR count). The van der Waals surface area contributed by atoms with E-state index in [0.717, 1.165) is 27.2 Å². The van der Waals surface area contributed by atoms with Gasteiger partial charge >= 0.3 is 6.09 Å². The van der Waals surface area contributed by atoms with Crippen molar-refractivity contribution in [3.63, 3.8) is 0 Å². The van der Waals surface area contributed by atoms with Crippen molar-refractivity contribution in [1.82, 2.24) is 9.97 Å². The summed E-state index contributed by atoms with van der Waals surface area (Å²) in [4.78, 5) is 36.2. The molecule has 4 heterocycles. The van der Waals surface area contributed by atoms with E-state index in [-0.39, 0.29) is 12.0 Å². The number of methoxy groups -OCH3 is 1. The quantitative estimate of drug-likeness (QED) is 0.512. The predicted octanol–water partition coefficient (Wildman–Crippen LogP) is 4.32. The fourth-order valence-corrected chi connectivity index (χ4v) is 6.27. The van der Waals surface area contributed by atoms with Gasteiger partial charge in [-0.2, -0.15) is 0 Å². The molecule has 1 saturated heterocycles. The highest BCUT2D eigenvalue weighted by Gasteiger charge is 2.50. The van der Waals surface area contributed by atoms with Gasteiger partial charge in [0, 0.05) is 22.8 Å². The predicted molar refractivity (Wildman–Crippen MR) is 140 cm³/mol. The summed E-state index contributed by atoms with van der Waals surface area (Å²) in [6, 6.07) is 11.3. The van der Waals surface area contributed by atoms with Gasteiger partial charge in [-0.25, -0.2) is 9.78 Å². The van der Waals surface area contributed by atoms with Gasteiger partial charge < -0.3 is 19.9 Å². The van der Waals surface area contributed by atoms with E-state index in [2.05, 4.69) is 15.3 Å². The average Bonchev–Trinajstić information content (AvgIpc) is 3.24. The summed E-state index contributed by atoms with van der Waals surface area (Å²) < 4.78 is 11.2. The number of hydrogen-bond donors (Lipinski definition) is 2. The van der Waals surface area contributed by atoms with E-state index in [1.54, 1.807) is 24.3 Å². The van der Waals surface area contributed by atoms with Crippen LogP contribution in [0.3, 0.4) is 0 Å². The molecule has 2 amide bonds. The van der Waals surface area contributed by atoms with E-state index in [1.165, 1.54) is 11.8 Å². The first kappa shape index (κ1) is 24.0. The molecule has 37 heavy (non-hydrogen) atoms. The number of benzene rings is 1. The minimum absolute atomic E-state index is 0.0450. The molecule has 192 valence electrons. The van der Waals surface area contributed by atoms with Crippen LogP contribution in [0.1, 0.15) is 37.7 Å². The van der Waals surface area contributed by atoms with Crippen LogP contribution in [0.2, 0.25) is 0 Å². The second-order valence-corrected chi connectivity index (χ2v) is 11.1. The monoisotopic (exact) mass is 520 g/mol. The highest BCUT2D eigenvalue weighted by molar-refractivity contribution is 8.00. The summed E-state index contributed by atoms with van der Waals surface area (Å²) in [6.07, 6.45) is 4.90. The summed E-state index contributed by atoms with van der Waals surface area (Å²) in [7, 11) is 1.59. The van der Waals surface area contributed by atoms with Crippen LogP contribution in [0.4, 0.5) is 16.2 Å². The smallest absolute Gasteiger partial charge is 0.415 e. The number of ether oxygens (including phenoxy) is 2. The van der Waals surface area contributed by atoms with Gasteiger partial charge in [-0.15, -0.1) is 11.8 Å². The van der Waals surface area contributed by atoms with E-state index in [4.69, 9.17) is 9.47 Å². The maximum atomic E-state index is 12.9. The zero-order valence-electron chi connectivity index (χ0n) is 20.5. The van der Waals surface area contributed by atoms with E-state index in [9.17, 15) is 14.7 Å². The number of rotatable bonds is 5. The summed E-state index contributed by atoms with van der Waals surface area (Å²) in [6.45, 7) is 0.431. The van der Waals surface area contributed by atoms with E-state index in [0.29, 0.717) is 62.4 Å². The molecule has 2 fully saturated rings. The van der Waals surface area contributed by atoms with Crippen LogP contribution in [0.15, 0.2) is 47.5 Å². The Morgan fingerprint density at radius 1 is 1.16 bits per heavy atom. The van der Waals surface area contributed by atoms with Gasteiger partial charge in [0.15, 0.2) is 0 Å². The summed E-state index contributed by atoms with van der Waals surface area (Å²) >= 11 is 1.49. The van der Waals surface area contributed by atoms with Crippen molar-refractivity contribution in [3.8, 4) is 5.88 Å². The Morgan fingerprint density at radius 3 is 2.81 bits per heavy atom. The minimum atomic E-state index is -0.840. The van der Waals surface area contributed by atoms with Gasteiger partial charge in [0.1, 0.15) is 5.60 Å². The molecular weight excluding hydrogens is 492 g/mol. The third-order valence-corrected chi connectivity index (χ3v) is 8.75. The molecule has 1 spiro atoms. The second-order valence-electron chi connectivity index (χ2n) is 10.1. The van der Waals surface area contributed by atoms with Crippen molar-refractivity contribution in [1.29, 1.82) is 0 Å². The standard InChI is InChI=1S/C27H28N4O5S/c1-35-23-5-3-19-24(30-23)17(7-13-28-19)6-8-26(34)9-11-27(12-10-26)16-31(25(33)36-27)18-2-4-21-20(14-18)29-22(32)15-37-21/h2-5,7,13-14,34H,6,8-12,15-16H2,1H3,(H,29,32)/t26-,27-. The first-order chi connectivity index (χ1) is 17.9. The second kappa shape index (κ2) is 9.18. The number of hydrogen-bond acceptors (Lipinski definition) is 8. The lowest BCUT2D eigenvalue weighted by molar-refractivity contribution is -0.113. The summed E-state index contributed by atoms with van der Waals surface area (Å²) in [5.41, 5.74) is 2.58. The van der Waals surface area contributed by atoms with Crippen LogP contribution in [0.5, 0.6) is 5.88 Å². The molecule has 1 aromatic carbocycles. The fraction of sp³-hybridized carbons (Fsp3) is 0.407. The van der Waals surface area contributed by atoms with Crippen LogP contribution >= 0.6 is 11.8 Å². The van der Waals surface area contributed by atoms with Crippen LogP contribution < -0.4 is 15.0 Å². The highest BCUT2D eigenvalue weighted by atomic mass is 32.2. The average molecular weight is 521 g/mol. The molecule has 3 aromatic rings. The first-order valence-electron chi connectivity index (χ1n) is 12.4. The molecule has 1 aliphatic carbocycles. The molecule has 2 N–H and O–H groups in total. The Labute approximate surface area is 218 Å². The number of anilines is 2. The van der Waals surface area contributed by atoms with Crippen LogP contribution in [-0.4, -0.2) is 57.7 Å². The third kappa shape index (κ3) is 4.59. The topological polar surface area (TPSA) is 114 Å². The Bertz CT molecular complexity index is 1390. The normalized spacial score (nSPS) is 25.2. The molecular formula is C27H28N4O5S. The molecule has 0 radical (unpaired) electrons. The Morgan fingerprint density at radius 2 is 2.00 bits per heavy atom. The number of carbonyl (C=O) groups excluding carboxylic acids is 2. The Balaban J connectivity index is 1.12. The number of amides is 2. The molecule has 9 nitrogen and oxygen atoms in total. The van der Waals surface area contributed by atoms with Crippen LogP contribution in [-0.2, 0) is 16.0 Å². The van der Waals surface area contributed by atoms with E-state index >= 15 is 0 Å². The number of nitrogens with zero attached hydrogens (tertiary/aromatic N) is 3. The van der Waals surface area contributed by atoms with Crippen LogP contribution in [0.25, 0.3) is 11.0 Å². The van der Waals surface area contributed by atoms with Gasteiger partial charge in [0.05, 0.1) is 41.7 Å². The highest BCUT2D eigenvalue weighted by Crippen LogP contribution is 2.45. The van der Waals surface area contributed by atoms with Gasteiger partial charge in [-0.1, -0.05) is 0 Å². The summed E-state index contributed by atoms with van der Waals surface area (Å²) in [5, 5.41) is 14.3. The molecule has 0 unspecified atom stereocenters. The number of pyridine rings is 2. The van der Waals surface area contributed by atoms with Crippen molar-refractivity contribution >= 4 is 46.2 Å². The fourth-order valence-electron chi connectivity index (χ4n) is 5.49. The van der Waals surface area contributed by atoms with E-state index < -0.39 is 11.2 Å². The third-order valence-electron chi connectivity index (χ3n) is 7.68. The number of aromatic nitrogens is 2. The molecule has 3 aliphatic rings. The molecule has 2 aromatic heterocycles. The van der Waals surface area contributed by atoms with Crippen molar-refractivity contribution in [2.45, 2.75) is 54.6 Å². The number of aliphatic hydroxyl groups is 1. The van der Waals surface area contributed by atoms with Gasteiger partial charge in [0.25, 0.3) is 0 Å². The number of aryl methyl sites for hydroxylation is 1. The van der Waals surface area contributed by atoms with Gasteiger partial charge in [-0.05, 0) is 74.4 Å². The molecule has 10 heteroatoms. The maximum absolute atomic E-state index is 12.9. The lowest BCUT2D eigenvalue weighted by atomic mass is 9.73. The zero-order valence-corrected chi connectivity index (χ0v) is 21.3. The first-order valence-corrected chi connectivity index (χ1v) is 13.4. The van der Waals surface area contributed by atoms with Gasteiger partial charge in [-0.3, -0.25) is 14.7 Å². The molecule has 1 saturated carbocycles. The largest absolute Gasteiger partial charge is 0.481 e. The zero-order chi connectivity index (χ0) is 25.6. The number of carbonyl (C=O) groups is 2.